The first-order chi connectivity index (χ1) is 7.97. The molecule has 90 valence electrons. The van der Waals surface area contributed by atoms with E-state index in [0.717, 1.165) is 11.1 Å². The third-order valence-electron chi connectivity index (χ3n) is 2.05. The average molecular weight is 232 g/mol. The molecule has 0 aliphatic carbocycles. The molecule has 2 aromatic rings. The van der Waals surface area contributed by atoms with Crippen molar-refractivity contribution in [2.45, 2.75) is 13.8 Å². The number of benzene rings is 2. The van der Waals surface area contributed by atoms with Crippen molar-refractivity contribution in [1.29, 1.82) is 0 Å². The van der Waals surface area contributed by atoms with Crippen LogP contribution in [-0.2, 0) is 0 Å². The zero-order valence-electron chi connectivity index (χ0n) is 9.88. The Kier molecular flexibility index (Phi) is 4.40. The summed E-state index contributed by atoms with van der Waals surface area (Å²) < 4.78 is 0. The zero-order valence-corrected chi connectivity index (χ0v) is 9.88. The van der Waals surface area contributed by atoms with Gasteiger partial charge in [-0.1, -0.05) is 12.1 Å². The second-order valence-corrected chi connectivity index (χ2v) is 3.87. The molecule has 0 fully saturated rings. The second-order valence-electron chi connectivity index (χ2n) is 3.87. The SMILES string of the molecule is Cc1cc(O)cc(O)c1.Cc1cccc(O)c1. The van der Waals surface area contributed by atoms with Crippen LogP contribution in [0.25, 0.3) is 0 Å². The van der Waals surface area contributed by atoms with Crippen LogP contribution in [-0.4, -0.2) is 15.3 Å². The predicted octanol–water partition coefficient (Wildman–Crippen LogP) is 3.11. The van der Waals surface area contributed by atoms with Gasteiger partial charge >= 0.3 is 0 Å². The summed E-state index contributed by atoms with van der Waals surface area (Å²) in [5.74, 6) is 0.546. The standard InChI is InChI=1S/C7H8O2.C7H8O/c1-5-2-6(8)4-7(9)3-5;1-6-3-2-4-7(8)5-6/h2-4,8-9H,1H3;2-5,8H,1H3. The van der Waals surface area contributed by atoms with Crippen LogP contribution in [0, 0.1) is 13.8 Å². The van der Waals surface area contributed by atoms with Crippen LogP contribution in [0.5, 0.6) is 17.2 Å². The van der Waals surface area contributed by atoms with Gasteiger partial charge in [-0.2, -0.15) is 0 Å². The molecule has 0 spiro atoms. The van der Waals surface area contributed by atoms with E-state index in [4.69, 9.17) is 15.3 Å². The summed E-state index contributed by atoms with van der Waals surface area (Å²) in [6.07, 6.45) is 0. The van der Waals surface area contributed by atoms with E-state index in [1.165, 1.54) is 6.07 Å². The first-order valence-corrected chi connectivity index (χ1v) is 5.22. The van der Waals surface area contributed by atoms with E-state index < -0.39 is 0 Å². The number of rotatable bonds is 0. The van der Waals surface area contributed by atoms with Gasteiger partial charge in [0.25, 0.3) is 0 Å². The van der Waals surface area contributed by atoms with E-state index in [1.807, 2.05) is 19.1 Å². The van der Waals surface area contributed by atoms with E-state index in [1.54, 1.807) is 31.2 Å². The number of hydrogen-bond acceptors (Lipinski definition) is 3. The van der Waals surface area contributed by atoms with Crippen LogP contribution in [0.4, 0.5) is 0 Å². The van der Waals surface area contributed by atoms with Gasteiger partial charge in [0.15, 0.2) is 0 Å². The first-order valence-electron chi connectivity index (χ1n) is 5.22. The van der Waals surface area contributed by atoms with Crippen molar-refractivity contribution in [2.24, 2.45) is 0 Å². The largest absolute Gasteiger partial charge is 0.508 e. The maximum Gasteiger partial charge on any atom is 0.119 e. The lowest BCUT2D eigenvalue weighted by molar-refractivity contribution is 0.450. The highest BCUT2D eigenvalue weighted by Crippen LogP contribution is 2.18. The maximum absolute atomic E-state index is 8.83. The summed E-state index contributed by atoms with van der Waals surface area (Å²) in [6.45, 7) is 3.75. The summed E-state index contributed by atoms with van der Waals surface area (Å²) in [4.78, 5) is 0. The molecule has 0 bridgehead atoms. The minimum absolute atomic E-state index is 0.104. The summed E-state index contributed by atoms with van der Waals surface area (Å²) in [5.41, 5.74) is 1.94. The van der Waals surface area contributed by atoms with Gasteiger partial charge in [-0.15, -0.1) is 0 Å². The van der Waals surface area contributed by atoms with Gasteiger partial charge in [0.05, 0.1) is 0 Å². The third-order valence-corrected chi connectivity index (χ3v) is 2.05. The Morgan fingerprint density at radius 3 is 1.53 bits per heavy atom. The van der Waals surface area contributed by atoms with Crippen molar-refractivity contribution in [2.75, 3.05) is 0 Å². The molecule has 3 N–H and O–H groups in total. The summed E-state index contributed by atoms with van der Waals surface area (Å²) in [7, 11) is 0. The van der Waals surface area contributed by atoms with Crippen LogP contribution in [0.15, 0.2) is 42.5 Å². The highest BCUT2D eigenvalue weighted by Gasteiger charge is 1.91. The number of aromatic hydroxyl groups is 3. The molecular formula is C14H16O3. The minimum atomic E-state index is 0.104. The van der Waals surface area contributed by atoms with Crippen LogP contribution >= 0.6 is 0 Å². The number of phenolic OH excluding ortho intramolecular Hbond substituents is 3. The van der Waals surface area contributed by atoms with Gasteiger partial charge in [-0.05, 0) is 49.2 Å². The molecule has 0 saturated heterocycles. The smallest absolute Gasteiger partial charge is 0.119 e. The number of aryl methyl sites for hydroxylation is 2. The fourth-order valence-electron chi connectivity index (χ4n) is 1.37. The first kappa shape index (κ1) is 12.9. The van der Waals surface area contributed by atoms with Crippen LogP contribution in [0.2, 0.25) is 0 Å². The lowest BCUT2D eigenvalue weighted by atomic mass is 10.2. The van der Waals surface area contributed by atoms with Crippen molar-refractivity contribution in [1.82, 2.24) is 0 Å². The average Bonchev–Trinajstić information content (AvgIpc) is 2.15. The van der Waals surface area contributed by atoms with Crippen molar-refractivity contribution < 1.29 is 15.3 Å². The lowest BCUT2D eigenvalue weighted by Crippen LogP contribution is -1.70. The Bertz CT molecular complexity index is 425. The van der Waals surface area contributed by atoms with Gasteiger partial charge in [0.2, 0.25) is 0 Å². The Morgan fingerprint density at radius 2 is 1.18 bits per heavy atom. The van der Waals surface area contributed by atoms with Crippen LogP contribution < -0.4 is 0 Å². The molecule has 3 nitrogen and oxygen atoms in total. The van der Waals surface area contributed by atoms with Crippen molar-refractivity contribution in [3.63, 3.8) is 0 Å². The van der Waals surface area contributed by atoms with Gasteiger partial charge in [-0.25, -0.2) is 0 Å². The number of phenols is 3. The van der Waals surface area contributed by atoms with E-state index >= 15 is 0 Å². The van der Waals surface area contributed by atoms with Gasteiger partial charge in [0.1, 0.15) is 17.2 Å². The Balaban J connectivity index is 0.000000171. The molecule has 0 aromatic heterocycles. The van der Waals surface area contributed by atoms with Gasteiger partial charge in [0, 0.05) is 6.07 Å². The fraction of sp³-hybridized carbons (Fsp3) is 0.143. The number of hydrogen-bond donors (Lipinski definition) is 3. The topological polar surface area (TPSA) is 60.7 Å². The predicted molar refractivity (Wildman–Crippen MR) is 67.4 cm³/mol. The van der Waals surface area contributed by atoms with E-state index in [0.29, 0.717) is 5.75 Å². The fourth-order valence-corrected chi connectivity index (χ4v) is 1.37. The molecule has 2 rings (SSSR count). The summed E-state index contributed by atoms with van der Waals surface area (Å²) in [6, 6.07) is 11.6. The molecule has 2 aromatic carbocycles. The highest BCUT2D eigenvalue weighted by molar-refractivity contribution is 5.35. The normalized spacial score (nSPS) is 9.29. The second kappa shape index (κ2) is 5.80. The van der Waals surface area contributed by atoms with Gasteiger partial charge < -0.3 is 15.3 Å². The van der Waals surface area contributed by atoms with Crippen LogP contribution in [0.1, 0.15) is 11.1 Å². The van der Waals surface area contributed by atoms with E-state index in [-0.39, 0.29) is 11.5 Å². The summed E-state index contributed by atoms with van der Waals surface area (Å²) in [5, 5.41) is 26.5. The van der Waals surface area contributed by atoms with Crippen molar-refractivity contribution >= 4 is 0 Å². The Labute approximate surface area is 101 Å². The highest BCUT2D eigenvalue weighted by atomic mass is 16.3. The molecule has 0 radical (unpaired) electrons. The summed E-state index contributed by atoms with van der Waals surface area (Å²) >= 11 is 0. The molecule has 3 heteroatoms. The van der Waals surface area contributed by atoms with Crippen molar-refractivity contribution in [3.8, 4) is 17.2 Å². The van der Waals surface area contributed by atoms with Gasteiger partial charge in [-0.3, -0.25) is 0 Å². The van der Waals surface area contributed by atoms with E-state index in [9.17, 15) is 0 Å². The zero-order chi connectivity index (χ0) is 12.8. The molecular weight excluding hydrogens is 216 g/mol. The molecule has 0 saturated carbocycles. The molecule has 0 amide bonds. The lowest BCUT2D eigenvalue weighted by Gasteiger charge is -1.94. The molecule has 0 unspecified atom stereocenters. The van der Waals surface area contributed by atoms with Crippen molar-refractivity contribution in [3.05, 3.63) is 53.6 Å². The van der Waals surface area contributed by atoms with Crippen LogP contribution in [0.3, 0.4) is 0 Å². The Morgan fingerprint density at radius 1 is 0.647 bits per heavy atom. The molecule has 0 aliphatic rings. The monoisotopic (exact) mass is 232 g/mol. The molecule has 0 heterocycles. The Hall–Kier alpha value is -2.16. The molecule has 17 heavy (non-hydrogen) atoms. The maximum atomic E-state index is 8.83. The minimum Gasteiger partial charge on any atom is -0.508 e. The molecule has 0 atom stereocenters. The van der Waals surface area contributed by atoms with E-state index in [2.05, 4.69) is 0 Å². The third kappa shape index (κ3) is 4.93. The molecule has 0 aliphatic heterocycles. The quantitative estimate of drug-likeness (QED) is 0.654.